The number of hydrogen-bond acceptors (Lipinski definition) is 2. The fourth-order valence-corrected chi connectivity index (χ4v) is 2.46. The molecule has 0 N–H and O–H groups in total. The van der Waals surface area contributed by atoms with Gasteiger partial charge in [0.1, 0.15) is 0 Å². The number of carbonyl (C=O) groups is 2. The summed E-state index contributed by atoms with van der Waals surface area (Å²) in [5.74, 6) is 0.363. The largest absolute Gasteiger partial charge is 0.339 e. The van der Waals surface area contributed by atoms with Gasteiger partial charge >= 0.3 is 0 Å². The highest BCUT2D eigenvalue weighted by atomic mass is 79.9. The fraction of sp³-hybridized carbons (Fsp3) is 0.833. The molecule has 1 heterocycles. The van der Waals surface area contributed by atoms with Crippen molar-refractivity contribution in [3.63, 3.8) is 0 Å². The number of amides is 2. The summed E-state index contributed by atoms with van der Waals surface area (Å²) in [5.41, 5.74) is 0. The smallest absolute Gasteiger partial charge is 0.226 e. The molecule has 0 radical (unpaired) electrons. The summed E-state index contributed by atoms with van der Waals surface area (Å²) in [6, 6.07) is 0. The second-order valence-electron chi connectivity index (χ2n) is 4.76. The highest BCUT2D eigenvalue weighted by Crippen LogP contribution is 2.12. The van der Waals surface area contributed by atoms with Crippen LogP contribution in [0.3, 0.4) is 0 Å². The summed E-state index contributed by atoms with van der Waals surface area (Å²) >= 11 is 6.66. The average molecular weight is 384 g/mol. The Bertz CT molecular complexity index is 274. The third-order valence-corrected chi connectivity index (χ3v) is 5.15. The number of alkyl halides is 2. The molecule has 0 aromatic rings. The first-order valence-electron chi connectivity index (χ1n) is 6.20. The molecule has 104 valence electrons. The number of halogens is 2. The van der Waals surface area contributed by atoms with Gasteiger partial charge in [-0.05, 0) is 0 Å². The first kappa shape index (κ1) is 16.0. The molecule has 0 bridgehead atoms. The van der Waals surface area contributed by atoms with Crippen molar-refractivity contribution >= 4 is 43.7 Å². The van der Waals surface area contributed by atoms with Gasteiger partial charge in [0.2, 0.25) is 11.8 Å². The minimum Gasteiger partial charge on any atom is -0.339 e. The maximum atomic E-state index is 12.0. The summed E-state index contributed by atoms with van der Waals surface area (Å²) in [5, 5.41) is 1.37. The van der Waals surface area contributed by atoms with Crippen molar-refractivity contribution in [1.29, 1.82) is 0 Å². The highest BCUT2D eigenvalue weighted by molar-refractivity contribution is 9.09. The van der Waals surface area contributed by atoms with Crippen molar-refractivity contribution in [2.75, 3.05) is 36.8 Å². The molecule has 0 spiro atoms. The average Bonchev–Trinajstić information content (AvgIpc) is 2.44. The van der Waals surface area contributed by atoms with Crippen LogP contribution < -0.4 is 0 Å². The van der Waals surface area contributed by atoms with Gasteiger partial charge in [-0.3, -0.25) is 9.59 Å². The predicted octanol–water partition coefficient (Wildman–Crippen LogP) is 1.72. The first-order chi connectivity index (χ1) is 8.51. The predicted molar refractivity (Wildman–Crippen MR) is 79.1 cm³/mol. The molecule has 4 nitrogen and oxygen atoms in total. The topological polar surface area (TPSA) is 40.6 Å². The Morgan fingerprint density at radius 2 is 1.17 bits per heavy atom. The molecule has 0 aromatic heterocycles. The Balaban J connectivity index is 2.46. The molecular weight excluding hydrogens is 364 g/mol. The Morgan fingerprint density at radius 3 is 1.39 bits per heavy atom. The van der Waals surface area contributed by atoms with Gasteiger partial charge in [0.05, 0.1) is 0 Å². The molecule has 6 heteroatoms. The lowest BCUT2D eigenvalue weighted by Crippen LogP contribution is -2.53. The zero-order valence-corrected chi connectivity index (χ0v) is 14.0. The van der Waals surface area contributed by atoms with E-state index in [9.17, 15) is 9.59 Å². The van der Waals surface area contributed by atoms with Crippen LogP contribution in [-0.4, -0.2) is 58.5 Å². The van der Waals surface area contributed by atoms with Gasteiger partial charge in [-0.25, -0.2) is 0 Å². The molecule has 1 saturated heterocycles. The van der Waals surface area contributed by atoms with Crippen LogP contribution in [0.2, 0.25) is 0 Å². The third-order valence-electron chi connectivity index (χ3n) is 3.21. The first-order valence-corrected chi connectivity index (χ1v) is 8.45. The van der Waals surface area contributed by atoms with Crippen LogP contribution in [-0.2, 0) is 9.59 Å². The second kappa shape index (κ2) is 7.48. The van der Waals surface area contributed by atoms with E-state index in [1.54, 1.807) is 0 Å². The Morgan fingerprint density at radius 1 is 0.889 bits per heavy atom. The molecule has 0 aromatic carbocycles. The minimum atomic E-state index is 0.00807. The summed E-state index contributed by atoms with van der Waals surface area (Å²) in [6.45, 7) is 6.44. The number of piperazine rings is 1. The lowest BCUT2D eigenvalue weighted by Gasteiger charge is -2.36. The lowest BCUT2D eigenvalue weighted by molar-refractivity contribution is -0.142. The van der Waals surface area contributed by atoms with Gasteiger partial charge in [0.25, 0.3) is 0 Å². The quantitative estimate of drug-likeness (QED) is 0.693. The van der Waals surface area contributed by atoms with Crippen molar-refractivity contribution < 1.29 is 9.59 Å². The number of carbonyl (C=O) groups excluding carboxylic acids is 2. The van der Waals surface area contributed by atoms with E-state index in [1.165, 1.54) is 0 Å². The fourth-order valence-electron chi connectivity index (χ4n) is 1.90. The second-order valence-corrected chi connectivity index (χ2v) is 6.06. The summed E-state index contributed by atoms with van der Waals surface area (Å²) in [4.78, 5) is 27.7. The standard InChI is InChI=1S/C12H20Br2N2O2/c1-9(7-13)11(17)15-3-5-16(6-4-15)12(18)10(2)8-14/h9-10H,3-8H2,1-2H3. The molecule has 1 aliphatic rings. The van der Waals surface area contributed by atoms with Gasteiger partial charge in [-0.15, -0.1) is 0 Å². The van der Waals surface area contributed by atoms with Crippen LogP contribution in [0.4, 0.5) is 0 Å². The number of hydrogen-bond donors (Lipinski definition) is 0. The molecule has 0 aliphatic carbocycles. The molecule has 0 saturated carbocycles. The lowest BCUT2D eigenvalue weighted by atomic mass is 10.1. The van der Waals surface area contributed by atoms with E-state index in [0.29, 0.717) is 36.8 Å². The van der Waals surface area contributed by atoms with Gasteiger partial charge in [0, 0.05) is 48.7 Å². The third kappa shape index (κ3) is 3.95. The van der Waals surface area contributed by atoms with Crippen LogP contribution in [0.25, 0.3) is 0 Å². The molecular formula is C12H20Br2N2O2. The number of rotatable bonds is 4. The maximum Gasteiger partial charge on any atom is 0.226 e. The molecule has 2 unspecified atom stereocenters. The molecule has 2 atom stereocenters. The van der Waals surface area contributed by atoms with E-state index in [4.69, 9.17) is 0 Å². The summed E-state index contributed by atoms with van der Waals surface area (Å²) in [7, 11) is 0. The van der Waals surface area contributed by atoms with Gasteiger partial charge < -0.3 is 9.80 Å². The summed E-state index contributed by atoms with van der Waals surface area (Å²) < 4.78 is 0. The normalized spacial score (nSPS) is 19.6. The van der Waals surface area contributed by atoms with Gasteiger partial charge in [-0.1, -0.05) is 45.7 Å². The molecule has 1 aliphatic heterocycles. The molecule has 18 heavy (non-hydrogen) atoms. The SMILES string of the molecule is CC(CBr)C(=O)N1CCN(C(=O)C(C)CBr)CC1. The molecule has 1 rings (SSSR count). The molecule has 1 fully saturated rings. The van der Waals surface area contributed by atoms with Crippen molar-refractivity contribution in [3.05, 3.63) is 0 Å². The van der Waals surface area contributed by atoms with E-state index in [2.05, 4.69) is 31.9 Å². The van der Waals surface area contributed by atoms with E-state index in [0.717, 1.165) is 0 Å². The van der Waals surface area contributed by atoms with E-state index >= 15 is 0 Å². The summed E-state index contributed by atoms with van der Waals surface area (Å²) in [6.07, 6.45) is 0. The van der Waals surface area contributed by atoms with Gasteiger partial charge in [0.15, 0.2) is 0 Å². The van der Waals surface area contributed by atoms with Crippen LogP contribution in [0, 0.1) is 11.8 Å². The van der Waals surface area contributed by atoms with Crippen molar-refractivity contribution in [1.82, 2.24) is 9.80 Å². The minimum absolute atomic E-state index is 0.00807. The monoisotopic (exact) mass is 382 g/mol. The van der Waals surface area contributed by atoms with Gasteiger partial charge in [-0.2, -0.15) is 0 Å². The Labute approximate surface area is 125 Å². The van der Waals surface area contributed by atoms with E-state index < -0.39 is 0 Å². The Kier molecular flexibility index (Phi) is 6.63. The van der Waals surface area contributed by atoms with Crippen LogP contribution >= 0.6 is 31.9 Å². The van der Waals surface area contributed by atoms with Crippen LogP contribution in [0.5, 0.6) is 0 Å². The maximum absolute atomic E-state index is 12.0. The zero-order valence-electron chi connectivity index (χ0n) is 10.9. The Hall–Kier alpha value is -0.100. The van der Waals surface area contributed by atoms with Crippen molar-refractivity contribution in [2.45, 2.75) is 13.8 Å². The van der Waals surface area contributed by atoms with Crippen molar-refractivity contribution in [3.8, 4) is 0 Å². The van der Waals surface area contributed by atoms with E-state index in [-0.39, 0.29) is 23.7 Å². The van der Waals surface area contributed by atoms with Crippen LogP contribution in [0.15, 0.2) is 0 Å². The van der Waals surface area contributed by atoms with Crippen molar-refractivity contribution in [2.24, 2.45) is 11.8 Å². The highest BCUT2D eigenvalue weighted by Gasteiger charge is 2.27. The molecule has 2 amide bonds. The zero-order chi connectivity index (χ0) is 13.7. The van der Waals surface area contributed by atoms with Crippen LogP contribution in [0.1, 0.15) is 13.8 Å². The number of nitrogens with zero attached hydrogens (tertiary/aromatic N) is 2. The van der Waals surface area contributed by atoms with E-state index in [1.807, 2.05) is 23.6 Å².